The molecule has 1 heterocycles. The normalized spacial score (nSPS) is 17.3. The smallest absolute Gasteiger partial charge is 0.0716 e. The van der Waals surface area contributed by atoms with Crippen LogP contribution in [0.3, 0.4) is 0 Å². The molecule has 0 atom stereocenters. The van der Waals surface area contributed by atoms with Crippen molar-refractivity contribution in [1.82, 2.24) is 0 Å². The van der Waals surface area contributed by atoms with Crippen LogP contribution in [0.15, 0.2) is 24.3 Å². The minimum absolute atomic E-state index is 0.154. The molecule has 0 bridgehead atoms. The quantitative estimate of drug-likeness (QED) is 0.690. The van der Waals surface area contributed by atoms with Crippen molar-refractivity contribution in [3.8, 4) is 0 Å². The fourth-order valence-electron chi connectivity index (χ4n) is 2.64. The molecule has 0 saturated carbocycles. The molecule has 0 amide bonds. The molecule has 1 aliphatic heterocycles. The lowest BCUT2D eigenvalue weighted by Gasteiger charge is -2.42. The van der Waals surface area contributed by atoms with E-state index in [1.54, 1.807) is 0 Å². The Labute approximate surface area is 135 Å². The molecule has 2 rings (SSSR count). The fourth-order valence-corrected chi connectivity index (χ4v) is 2.64. The highest BCUT2D eigenvalue weighted by atomic mass is 16.5. The molecule has 124 valence electrons. The third-order valence-corrected chi connectivity index (χ3v) is 4.46. The maximum Gasteiger partial charge on any atom is 0.0716 e. The van der Waals surface area contributed by atoms with Gasteiger partial charge in [0.15, 0.2) is 0 Å². The van der Waals surface area contributed by atoms with E-state index < -0.39 is 0 Å². The molecule has 1 aliphatic rings. The van der Waals surface area contributed by atoms with Gasteiger partial charge in [-0.25, -0.2) is 0 Å². The van der Waals surface area contributed by atoms with Crippen LogP contribution in [0.5, 0.6) is 0 Å². The molecule has 1 saturated heterocycles. The Bertz CT molecular complexity index is 441. The predicted octanol–water partition coefficient (Wildman–Crippen LogP) is 3.99. The van der Waals surface area contributed by atoms with Crippen LogP contribution in [-0.4, -0.2) is 32.0 Å². The Balaban J connectivity index is 1.85. The number of ether oxygens (including phenoxy) is 3. The second-order valence-electron chi connectivity index (χ2n) is 7.03. The largest absolute Gasteiger partial charge is 0.380 e. The summed E-state index contributed by atoms with van der Waals surface area (Å²) in [6.45, 7) is 12.5. The highest BCUT2D eigenvalue weighted by Gasteiger charge is 2.38. The first-order chi connectivity index (χ1) is 10.5. The molecule has 1 fully saturated rings. The van der Waals surface area contributed by atoms with Crippen molar-refractivity contribution in [2.75, 3.05) is 26.4 Å². The summed E-state index contributed by atoms with van der Waals surface area (Å²) in [5.41, 5.74) is 2.62. The van der Waals surface area contributed by atoms with Crippen molar-refractivity contribution in [2.45, 2.75) is 52.7 Å². The summed E-state index contributed by atoms with van der Waals surface area (Å²) in [6.07, 6.45) is 2.04. The van der Waals surface area contributed by atoms with Crippen molar-refractivity contribution < 1.29 is 14.2 Å². The fraction of sp³-hybridized carbons (Fsp3) is 0.684. The first-order valence-electron chi connectivity index (χ1n) is 8.36. The summed E-state index contributed by atoms with van der Waals surface area (Å²) in [7, 11) is 0. The average Bonchev–Trinajstić information content (AvgIpc) is 2.45. The van der Waals surface area contributed by atoms with E-state index in [2.05, 4.69) is 45.0 Å². The van der Waals surface area contributed by atoms with Gasteiger partial charge in [-0.2, -0.15) is 0 Å². The van der Waals surface area contributed by atoms with Crippen LogP contribution in [0.25, 0.3) is 0 Å². The van der Waals surface area contributed by atoms with Gasteiger partial charge in [-0.3, -0.25) is 0 Å². The lowest BCUT2D eigenvalue weighted by molar-refractivity contribution is -0.174. The summed E-state index contributed by atoms with van der Waals surface area (Å²) in [5, 5.41) is 0. The van der Waals surface area contributed by atoms with E-state index in [0.29, 0.717) is 6.61 Å². The number of benzene rings is 1. The molecular weight excluding hydrogens is 276 g/mol. The molecule has 3 nitrogen and oxygen atoms in total. The highest BCUT2D eigenvalue weighted by molar-refractivity contribution is 5.23. The minimum Gasteiger partial charge on any atom is -0.380 e. The van der Waals surface area contributed by atoms with Crippen molar-refractivity contribution in [3.05, 3.63) is 35.4 Å². The minimum atomic E-state index is -0.154. The molecule has 1 aromatic rings. The van der Waals surface area contributed by atoms with Gasteiger partial charge < -0.3 is 14.2 Å². The first kappa shape index (κ1) is 17.5. The third-order valence-electron chi connectivity index (χ3n) is 4.46. The second kappa shape index (κ2) is 7.58. The zero-order chi connectivity index (χ0) is 16.1. The Kier molecular flexibility index (Phi) is 6.01. The third kappa shape index (κ3) is 4.80. The van der Waals surface area contributed by atoms with Crippen LogP contribution in [-0.2, 0) is 27.2 Å². The van der Waals surface area contributed by atoms with Gasteiger partial charge >= 0.3 is 0 Å². The van der Waals surface area contributed by atoms with Crippen molar-refractivity contribution in [1.29, 1.82) is 0 Å². The first-order valence-corrected chi connectivity index (χ1v) is 8.36. The van der Waals surface area contributed by atoms with Crippen molar-refractivity contribution in [3.63, 3.8) is 0 Å². The van der Waals surface area contributed by atoms with E-state index in [0.717, 1.165) is 39.3 Å². The van der Waals surface area contributed by atoms with Crippen LogP contribution in [0.2, 0.25) is 0 Å². The van der Waals surface area contributed by atoms with Gasteiger partial charge in [0.2, 0.25) is 0 Å². The molecule has 0 aliphatic carbocycles. The Hall–Kier alpha value is -0.900. The summed E-state index contributed by atoms with van der Waals surface area (Å²) >= 11 is 0. The van der Waals surface area contributed by atoms with Gasteiger partial charge in [-0.05, 0) is 38.3 Å². The summed E-state index contributed by atoms with van der Waals surface area (Å²) < 4.78 is 17.0. The van der Waals surface area contributed by atoms with Crippen molar-refractivity contribution >= 4 is 0 Å². The Morgan fingerprint density at radius 3 is 2.23 bits per heavy atom. The Morgan fingerprint density at radius 2 is 1.73 bits per heavy atom. The van der Waals surface area contributed by atoms with Crippen LogP contribution in [0.4, 0.5) is 0 Å². The molecular formula is C19H30O3. The second-order valence-corrected chi connectivity index (χ2v) is 7.03. The molecule has 0 aromatic heterocycles. The summed E-state index contributed by atoms with van der Waals surface area (Å²) in [5.74, 6) is 0. The van der Waals surface area contributed by atoms with Crippen LogP contribution in [0.1, 0.15) is 45.2 Å². The molecule has 0 unspecified atom stereocenters. The number of rotatable bonds is 9. The molecule has 0 radical (unpaired) electrons. The zero-order valence-electron chi connectivity index (χ0n) is 14.5. The topological polar surface area (TPSA) is 27.7 Å². The van der Waals surface area contributed by atoms with E-state index in [1.807, 2.05) is 6.92 Å². The summed E-state index contributed by atoms with van der Waals surface area (Å²) in [4.78, 5) is 0. The van der Waals surface area contributed by atoms with E-state index in [-0.39, 0.29) is 11.0 Å². The lowest BCUT2D eigenvalue weighted by Crippen LogP contribution is -2.47. The highest BCUT2D eigenvalue weighted by Crippen LogP contribution is 2.33. The zero-order valence-corrected chi connectivity index (χ0v) is 14.5. The van der Waals surface area contributed by atoms with Crippen molar-refractivity contribution in [2.24, 2.45) is 5.41 Å². The van der Waals surface area contributed by atoms with Gasteiger partial charge in [0.25, 0.3) is 0 Å². The van der Waals surface area contributed by atoms with Gasteiger partial charge in [0, 0.05) is 18.4 Å². The lowest BCUT2D eigenvalue weighted by atomic mass is 9.84. The predicted molar refractivity (Wildman–Crippen MR) is 89.1 cm³/mol. The molecule has 1 aromatic carbocycles. The van der Waals surface area contributed by atoms with E-state index in [4.69, 9.17) is 14.2 Å². The number of hydrogen-bond donors (Lipinski definition) is 0. The van der Waals surface area contributed by atoms with Gasteiger partial charge in [-0.15, -0.1) is 0 Å². The maximum atomic E-state index is 6.22. The van der Waals surface area contributed by atoms with Crippen LogP contribution < -0.4 is 0 Å². The monoisotopic (exact) mass is 306 g/mol. The number of hydrogen-bond acceptors (Lipinski definition) is 3. The molecule has 0 spiro atoms. The van der Waals surface area contributed by atoms with E-state index in [1.165, 1.54) is 11.1 Å². The van der Waals surface area contributed by atoms with E-state index in [9.17, 15) is 0 Å². The van der Waals surface area contributed by atoms with Gasteiger partial charge in [0.1, 0.15) is 0 Å². The maximum absolute atomic E-state index is 6.22. The van der Waals surface area contributed by atoms with E-state index >= 15 is 0 Å². The molecule has 3 heteroatoms. The van der Waals surface area contributed by atoms with Gasteiger partial charge in [0.05, 0.1) is 32.0 Å². The average molecular weight is 306 g/mol. The summed E-state index contributed by atoms with van der Waals surface area (Å²) in [6, 6.07) is 8.66. The Morgan fingerprint density at radius 1 is 1.09 bits per heavy atom. The molecule has 0 N–H and O–H groups in total. The van der Waals surface area contributed by atoms with Crippen LogP contribution in [0, 0.1) is 5.41 Å². The standard InChI is InChI=1S/C19H30O3/c1-5-19(13-21-14-19)15-22-18(3,4)11-16-7-9-17(10-8-16)12-20-6-2/h7-10H,5-6,11-15H2,1-4H3. The SMILES string of the molecule is CCOCc1ccc(CC(C)(C)OCC2(CC)COC2)cc1. The van der Waals surface area contributed by atoms with Gasteiger partial charge in [-0.1, -0.05) is 31.2 Å². The molecule has 22 heavy (non-hydrogen) atoms. The van der Waals surface area contributed by atoms with Crippen LogP contribution >= 0.6 is 0 Å².